The smallest absolute Gasteiger partial charge is 0.120 e. The average molecular weight is 287 g/mol. The van der Waals surface area contributed by atoms with Gasteiger partial charge >= 0.3 is 0 Å². The van der Waals surface area contributed by atoms with Gasteiger partial charge in [-0.05, 0) is 48.4 Å². The van der Waals surface area contributed by atoms with Crippen LogP contribution in [0.25, 0.3) is 10.8 Å². The largest absolute Gasteiger partial charge is 0.491 e. The highest BCUT2D eigenvalue weighted by atomic mass is 35.5. The second-order valence-electron chi connectivity index (χ2n) is 4.88. The summed E-state index contributed by atoms with van der Waals surface area (Å²) in [5.74, 6) is 7.20. The molecule has 20 heavy (non-hydrogen) atoms. The molecule has 1 nitrogen and oxygen atoms in total. The molecule has 1 unspecified atom stereocenters. The second-order valence-corrected chi connectivity index (χ2v) is 5.14. The number of fused-ring (bicyclic) bond motifs is 1. The van der Waals surface area contributed by atoms with Crippen molar-refractivity contribution in [1.29, 1.82) is 0 Å². The lowest BCUT2D eigenvalue weighted by Gasteiger charge is -2.14. The molecule has 104 valence electrons. The first-order valence-corrected chi connectivity index (χ1v) is 7.51. The maximum atomic E-state index is 5.91. The maximum absolute atomic E-state index is 5.91. The van der Waals surface area contributed by atoms with Crippen LogP contribution >= 0.6 is 11.6 Å². The molecule has 0 amide bonds. The fraction of sp³-hybridized carbons (Fsp3) is 0.333. The normalized spacial score (nSPS) is 11.8. The topological polar surface area (TPSA) is 9.23 Å². The Morgan fingerprint density at radius 3 is 2.65 bits per heavy atom. The number of rotatable bonds is 4. The van der Waals surface area contributed by atoms with Crippen LogP contribution in [0.2, 0.25) is 0 Å². The summed E-state index contributed by atoms with van der Waals surface area (Å²) in [7, 11) is 0. The van der Waals surface area contributed by atoms with Crippen LogP contribution in [0.3, 0.4) is 0 Å². The molecule has 0 fully saturated rings. The minimum Gasteiger partial charge on any atom is -0.491 e. The van der Waals surface area contributed by atoms with Crippen molar-refractivity contribution in [2.75, 3.05) is 5.88 Å². The first-order valence-electron chi connectivity index (χ1n) is 6.98. The first-order chi connectivity index (χ1) is 9.72. The molecule has 0 bridgehead atoms. The van der Waals surface area contributed by atoms with Crippen molar-refractivity contribution in [3.05, 3.63) is 42.0 Å². The van der Waals surface area contributed by atoms with Gasteiger partial charge in [0.2, 0.25) is 0 Å². The highest BCUT2D eigenvalue weighted by molar-refractivity contribution is 6.19. The molecular weight excluding hydrogens is 268 g/mol. The molecular formula is C18H19ClO. The number of benzene rings is 2. The Morgan fingerprint density at radius 1 is 1.15 bits per heavy atom. The minimum atomic E-state index is 0.256. The Morgan fingerprint density at radius 2 is 1.90 bits per heavy atom. The third-order valence-electron chi connectivity index (χ3n) is 3.14. The summed E-state index contributed by atoms with van der Waals surface area (Å²) in [6.07, 6.45) is 2.47. The molecule has 0 saturated heterocycles. The molecule has 0 saturated carbocycles. The van der Waals surface area contributed by atoms with Gasteiger partial charge < -0.3 is 4.74 Å². The molecule has 2 aromatic carbocycles. The lowest BCUT2D eigenvalue weighted by molar-refractivity contribution is 0.210. The van der Waals surface area contributed by atoms with E-state index in [-0.39, 0.29) is 6.10 Å². The Balaban J connectivity index is 2.22. The molecule has 1 atom stereocenters. The van der Waals surface area contributed by atoms with Crippen molar-refractivity contribution in [3.8, 4) is 17.6 Å². The van der Waals surface area contributed by atoms with Crippen molar-refractivity contribution in [2.24, 2.45) is 0 Å². The third kappa shape index (κ3) is 3.92. The van der Waals surface area contributed by atoms with E-state index in [9.17, 15) is 0 Å². The van der Waals surface area contributed by atoms with Crippen LogP contribution in [0.4, 0.5) is 0 Å². The fourth-order valence-corrected chi connectivity index (χ4v) is 2.27. The molecule has 0 aromatic heterocycles. The van der Waals surface area contributed by atoms with Crippen LogP contribution in [0.15, 0.2) is 36.4 Å². The molecule has 2 rings (SSSR count). The second kappa shape index (κ2) is 7.22. The first kappa shape index (κ1) is 14.8. The molecule has 2 aromatic rings. The van der Waals surface area contributed by atoms with Crippen LogP contribution in [-0.4, -0.2) is 12.0 Å². The predicted molar refractivity (Wildman–Crippen MR) is 86.5 cm³/mol. The van der Waals surface area contributed by atoms with Gasteiger partial charge in [0.05, 0.1) is 12.0 Å². The van der Waals surface area contributed by atoms with Gasteiger partial charge in [0.15, 0.2) is 0 Å². The van der Waals surface area contributed by atoms with Gasteiger partial charge in [0, 0.05) is 5.56 Å². The summed E-state index contributed by atoms with van der Waals surface area (Å²) >= 11 is 5.57. The van der Waals surface area contributed by atoms with Crippen LogP contribution in [0, 0.1) is 11.8 Å². The number of ether oxygens (including phenoxy) is 1. The van der Waals surface area contributed by atoms with Gasteiger partial charge in [-0.3, -0.25) is 0 Å². The fourth-order valence-electron chi connectivity index (χ4n) is 2.21. The van der Waals surface area contributed by atoms with E-state index in [2.05, 4.69) is 50.0 Å². The van der Waals surface area contributed by atoms with E-state index in [0.29, 0.717) is 5.88 Å². The number of alkyl halides is 1. The summed E-state index contributed by atoms with van der Waals surface area (Å²) < 4.78 is 5.91. The predicted octanol–water partition coefficient (Wildman–Crippen LogP) is 5.00. The van der Waals surface area contributed by atoms with Gasteiger partial charge in [-0.25, -0.2) is 0 Å². The van der Waals surface area contributed by atoms with E-state index in [0.717, 1.165) is 24.2 Å². The summed E-state index contributed by atoms with van der Waals surface area (Å²) in [5, 5.41) is 2.34. The Kier molecular flexibility index (Phi) is 5.32. The highest BCUT2D eigenvalue weighted by Crippen LogP contribution is 2.23. The van der Waals surface area contributed by atoms with E-state index in [4.69, 9.17) is 16.3 Å². The van der Waals surface area contributed by atoms with Gasteiger partial charge in [-0.1, -0.05) is 37.3 Å². The zero-order valence-corrected chi connectivity index (χ0v) is 12.7. The van der Waals surface area contributed by atoms with Gasteiger partial charge in [-0.2, -0.15) is 0 Å². The lowest BCUT2D eigenvalue weighted by Crippen LogP contribution is -2.10. The molecule has 0 aliphatic rings. The van der Waals surface area contributed by atoms with E-state index in [1.165, 1.54) is 10.8 Å². The maximum Gasteiger partial charge on any atom is 0.120 e. The number of hydrogen-bond acceptors (Lipinski definition) is 1. The molecule has 0 radical (unpaired) electrons. The zero-order valence-electron chi connectivity index (χ0n) is 11.9. The van der Waals surface area contributed by atoms with Crippen molar-refractivity contribution >= 4 is 22.4 Å². The monoisotopic (exact) mass is 286 g/mol. The van der Waals surface area contributed by atoms with Crippen molar-refractivity contribution in [1.82, 2.24) is 0 Å². The standard InChI is InChI=1S/C18H19ClO/c1-3-5-14(2)20-18-10-9-16-12-15(6-4-11-19)7-8-17(16)13-18/h7-10,12-14H,3,5,11H2,1-2H3. The Labute approximate surface area is 125 Å². The Bertz CT molecular complexity index is 637. The van der Waals surface area contributed by atoms with Crippen molar-refractivity contribution < 1.29 is 4.74 Å². The molecule has 0 spiro atoms. The lowest BCUT2D eigenvalue weighted by atomic mass is 10.1. The summed E-state index contributed by atoms with van der Waals surface area (Å²) in [4.78, 5) is 0. The molecule has 0 aliphatic heterocycles. The molecule has 2 heteroatoms. The Hall–Kier alpha value is -1.65. The molecule has 0 N–H and O–H groups in total. The zero-order chi connectivity index (χ0) is 14.4. The average Bonchev–Trinajstić information content (AvgIpc) is 2.45. The SMILES string of the molecule is CCCC(C)Oc1ccc2cc(C#CCCl)ccc2c1. The van der Waals surface area contributed by atoms with Crippen LogP contribution in [0.1, 0.15) is 32.3 Å². The quantitative estimate of drug-likeness (QED) is 0.568. The van der Waals surface area contributed by atoms with Gasteiger partial charge in [-0.15, -0.1) is 11.6 Å². The van der Waals surface area contributed by atoms with Crippen molar-refractivity contribution in [2.45, 2.75) is 32.8 Å². The minimum absolute atomic E-state index is 0.256. The van der Waals surface area contributed by atoms with Gasteiger partial charge in [0.1, 0.15) is 5.75 Å². The van der Waals surface area contributed by atoms with Crippen LogP contribution < -0.4 is 4.74 Å². The van der Waals surface area contributed by atoms with Crippen LogP contribution in [0.5, 0.6) is 5.75 Å². The summed E-state index contributed by atoms with van der Waals surface area (Å²) in [6.45, 7) is 4.28. The highest BCUT2D eigenvalue weighted by Gasteiger charge is 2.03. The van der Waals surface area contributed by atoms with E-state index < -0.39 is 0 Å². The number of halogens is 1. The molecule has 0 heterocycles. The molecule has 0 aliphatic carbocycles. The van der Waals surface area contributed by atoms with Crippen molar-refractivity contribution in [3.63, 3.8) is 0 Å². The van der Waals surface area contributed by atoms with E-state index in [1.54, 1.807) is 0 Å². The third-order valence-corrected chi connectivity index (χ3v) is 3.28. The van der Waals surface area contributed by atoms with Crippen LogP contribution in [-0.2, 0) is 0 Å². The summed E-state index contributed by atoms with van der Waals surface area (Å²) in [5.41, 5.74) is 0.992. The van der Waals surface area contributed by atoms with E-state index >= 15 is 0 Å². The van der Waals surface area contributed by atoms with E-state index in [1.807, 2.05) is 12.1 Å². The van der Waals surface area contributed by atoms with Gasteiger partial charge in [0.25, 0.3) is 0 Å². The summed E-state index contributed by atoms with van der Waals surface area (Å²) in [6, 6.07) is 12.4. The number of hydrogen-bond donors (Lipinski definition) is 0.